The third-order valence-electron chi connectivity index (χ3n) is 4.29. The van der Waals surface area contributed by atoms with Crippen molar-refractivity contribution in [2.75, 3.05) is 6.54 Å². The topological polar surface area (TPSA) is 90.3 Å². The molecule has 0 aliphatic carbocycles. The third kappa shape index (κ3) is 5.15. The molecule has 146 valence electrons. The molecule has 0 saturated heterocycles. The van der Waals surface area contributed by atoms with E-state index in [1.165, 1.54) is 11.6 Å². The predicted molar refractivity (Wildman–Crippen MR) is 104 cm³/mol. The van der Waals surface area contributed by atoms with Gasteiger partial charge in [-0.15, -0.1) is 0 Å². The van der Waals surface area contributed by atoms with Crippen LogP contribution in [-0.4, -0.2) is 34.3 Å². The van der Waals surface area contributed by atoms with Gasteiger partial charge in [-0.2, -0.15) is 5.10 Å². The van der Waals surface area contributed by atoms with Crippen LogP contribution in [0.4, 0.5) is 0 Å². The number of aryl methyl sites for hydroxylation is 1. The standard InChI is InChI=1S/C20H27N3O4/c1-4-6-7-10-13-23-19(25)16-12-9-8-11-15(16)17(22-23)20(26)27-14(3)18(24)21-5-2/h8-9,11-12,14H,4-7,10,13H2,1-3H3,(H,21,24)/t14-/m1/s1. The number of fused-ring (bicyclic) bond motifs is 1. The van der Waals surface area contributed by atoms with Crippen molar-refractivity contribution >= 4 is 22.6 Å². The number of rotatable bonds is 9. The molecule has 1 N–H and O–H groups in total. The second-order valence-corrected chi connectivity index (χ2v) is 6.43. The fraction of sp³-hybridized carbons (Fsp3) is 0.500. The number of nitrogens with zero attached hydrogens (tertiary/aromatic N) is 2. The lowest BCUT2D eigenvalue weighted by Gasteiger charge is -2.14. The monoisotopic (exact) mass is 373 g/mol. The molecule has 1 aromatic carbocycles. The average Bonchev–Trinajstić information content (AvgIpc) is 2.67. The predicted octanol–water partition coefficient (Wildman–Crippen LogP) is 2.66. The zero-order chi connectivity index (χ0) is 19.8. The molecular weight excluding hydrogens is 346 g/mol. The number of carbonyl (C=O) groups excluding carboxylic acids is 2. The lowest BCUT2D eigenvalue weighted by molar-refractivity contribution is -0.128. The van der Waals surface area contributed by atoms with Gasteiger partial charge in [0.1, 0.15) is 0 Å². The Hall–Kier alpha value is -2.70. The number of unbranched alkanes of at least 4 members (excludes halogenated alkanes) is 3. The van der Waals surface area contributed by atoms with E-state index in [2.05, 4.69) is 17.3 Å². The number of hydrogen-bond donors (Lipinski definition) is 1. The highest BCUT2D eigenvalue weighted by Crippen LogP contribution is 2.15. The molecule has 2 aromatic rings. The molecule has 7 heteroatoms. The van der Waals surface area contributed by atoms with Crippen LogP contribution in [0.15, 0.2) is 29.1 Å². The van der Waals surface area contributed by atoms with E-state index in [0.29, 0.717) is 23.9 Å². The normalized spacial score (nSPS) is 12.0. The number of aromatic nitrogens is 2. The Morgan fingerprint density at radius 1 is 1.15 bits per heavy atom. The summed E-state index contributed by atoms with van der Waals surface area (Å²) >= 11 is 0. The molecule has 1 heterocycles. The fourth-order valence-electron chi connectivity index (χ4n) is 2.81. The zero-order valence-electron chi connectivity index (χ0n) is 16.2. The molecule has 0 unspecified atom stereocenters. The van der Waals surface area contributed by atoms with Gasteiger partial charge in [-0.25, -0.2) is 9.48 Å². The van der Waals surface area contributed by atoms with Crippen LogP contribution in [0.1, 0.15) is 56.9 Å². The van der Waals surface area contributed by atoms with Crippen LogP contribution in [0.5, 0.6) is 0 Å². The molecule has 7 nitrogen and oxygen atoms in total. The summed E-state index contributed by atoms with van der Waals surface area (Å²) in [4.78, 5) is 37.1. The minimum Gasteiger partial charge on any atom is -0.448 e. The molecule has 1 aromatic heterocycles. The van der Waals surface area contributed by atoms with Crippen molar-refractivity contribution in [1.29, 1.82) is 0 Å². The first kappa shape index (κ1) is 20.6. The highest BCUT2D eigenvalue weighted by atomic mass is 16.5. The molecule has 0 aliphatic heterocycles. The van der Waals surface area contributed by atoms with E-state index in [4.69, 9.17) is 4.74 Å². The van der Waals surface area contributed by atoms with Gasteiger partial charge in [0.2, 0.25) is 0 Å². The maximum absolute atomic E-state index is 12.7. The highest BCUT2D eigenvalue weighted by molar-refractivity contribution is 6.02. The van der Waals surface area contributed by atoms with Crippen LogP contribution in [0, 0.1) is 0 Å². The minimum absolute atomic E-state index is 0.0526. The molecular formula is C20H27N3O4. The van der Waals surface area contributed by atoms with Crippen molar-refractivity contribution < 1.29 is 14.3 Å². The fourth-order valence-corrected chi connectivity index (χ4v) is 2.81. The third-order valence-corrected chi connectivity index (χ3v) is 4.29. The second-order valence-electron chi connectivity index (χ2n) is 6.43. The number of amides is 1. The summed E-state index contributed by atoms with van der Waals surface area (Å²) in [5.41, 5.74) is -0.174. The molecule has 0 fully saturated rings. The Morgan fingerprint density at radius 3 is 2.52 bits per heavy atom. The molecule has 1 amide bonds. The Balaban J connectivity index is 2.33. The first-order valence-electron chi connectivity index (χ1n) is 9.48. The lowest BCUT2D eigenvalue weighted by Crippen LogP contribution is -2.36. The van der Waals surface area contributed by atoms with Crippen molar-refractivity contribution in [3.8, 4) is 0 Å². The van der Waals surface area contributed by atoms with Gasteiger partial charge in [-0.05, 0) is 26.3 Å². The molecule has 0 bridgehead atoms. The van der Waals surface area contributed by atoms with Gasteiger partial charge in [-0.1, -0.05) is 44.4 Å². The Labute approximate surface area is 158 Å². The van der Waals surface area contributed by atoms with Gasteiger partial charge in [-0.3, -0.25) is 9.59 Å². The van der Waals surface area contributed by atoms with Gasteiger partial charge in [0.15, 0.2) is 11.8 Å². The Bertz CT molecular complexity index is 860. The Morgan fingerprint density at radius 2 is 1.85 bits per heavy atom. The van der Waals surface area contributed by atoms with Crippen LogP contribution >= 0.6 is 0 Å². The summed E-state index contributed by atoms with van der Waals surface area (Å²) in [5.74, 6) is -1.09. The Kier molecular flexibility index (Phi) is 7.52. The van der Waals surface area contributed by atoms with Crippen LogP contribution in [0.25, 0.3) is 10.8 Å². The van der Waals surface area contributed by atoms with Gasteiger partial charge in [0.25, 0.3) is 11.5 Å². The summed E-state index contributed by atoms with van der Waals surface area (Å²) < 4.78 is 6.59. The van der Waals surface area contributed by atoms with Gasteiger partial charge in [0, 0.05) is 18.5 Å². The molecule has 0 radical (unpaired) electrons. The summed E-state index contributed by atoms with van der Waals surface area (Å²) in [6.45, 7) is 6.30. The highest BCUT2D eigenvalue weighted by Gasteiger charge is 2.22. The van der Waals surface area contributed by atoms with Crippen molar-refractivity contribution in [3.63, 3.8) is 0 Å². The van der Waals surface area contributed by atoms with Crippen LogP contribution in [0.3, 0.4) is 0 Å². The van der Waals surface area contributed by atoms with E-state index in [1.807, 2.05) is 0 Å². The number of nitrogens with one attached hydrogen (secondary N) is 1. The van der Waals surface area contributed by atoms with Crippen LogP contribution in [-0.2, 0) is 16.1 Å². The van der Waals surface area contributed by atoms with E-state index in [-0.39, 0.29) is 17.2 Å². The number of ether oxygens (including phenoxy) is 1. The van der Waals surface area contributed by atoms with E-state index in [9.17, 15) is 14.4 Å². The quantitative estimate of drug-likeness (QED) is 0.539. The second kappa shape index (κ2) is 9.85. The summed E-state index contributed by atoms with van der Waals surface area (Å²) in [7, 11) is 0. The van der Waals surface area contributed by atoms with Crippen molar-refractivity contribution in [3.05, 3.63) is 40.3 Å². The maximum Gasteiger partial charge on any atom is 0.360 e. The molecule has 0 spiro atoms. The SMILES string of the molecule is CCCCCCn1nc(C(=O)O[C@H](C)C(=O)NCC)c2ccccc2c1=O. The van der Waals surface area contributed by atoms with E-state index >= 15 is 0 Å². The van der Waals surface area contributed by atoms with Crippen molar-refractivity contribution in [2.24, 2.45) is 0 Å². The molecule has 2 rings (SSSR count). The zero-order valence-corrected chi connectivity index (χ0v) is 16.2. The van der Waals surface area contributed by atoms with Crippen LogP contribution in [0.2, 0.25) is 0 Å². The number of carbonyl (C=O) groups is 2. The molecule has 27 heavy (non-hydrogen) atoms. The smallest absolute Gasteiger partial charge is 0.360 e. The van der Waals surface area contributed by atoms with Gasteiger partial charge >= 0.3 is 5.97 Å². The van der Waals surface area contributed by atoms with E-state index in [1.54, 1.807) is 31.2 Å². The number of benzene rings is 1. The van der Waals surface area contributed by atoms with Gasteiger partial charge < -0.3 is 10.1 Å². The summed E-state index contributed by atoms with van der Waals surface area (Å²) in [6, 6.07) is 6.82. The van der Waals surface area contributed by atoms with E-state index < -0.39 is 12.1 Å². The number of esters is 1. The largest absolute Gasteiger partial charge is 0.448 e. The summed E-state index contributed by atoms with van der Waals surface area (Å²) in [5, 5.41) is 7.71. The number of hydrogen-bond acceptors (Lipinski definition) is 5. The first-order chi connectivity index (χ1) is 13.0. The van der Waals surface area contributed by atoms with Gasteiger partial charge in [0.05, 0.1) is 5.39 Å². The first-order valence-corrected chi connectivity index (χ1v) is 9.48. The van der Waals surface area contributed by atoms with E-state index in [0.717, 1.165) is 25.7 Å². The minimum atomic E-state index is -0.942. The maximum atomic E-state index is 12.7. The van der Waals surface area contributed by atoms with Crippen molar-refractivity contribution in [2.45, 2.75) is 59.1 Å². The number of likely N-dealkylation sites (N-methyl/N-ethyl adjacent to an activating group) is 1. The summed E-state index contributed by atoms with van der Waals surface area (Å²) in [6.07, 6.45) is 3.04. The average molecular weight is 373 g/mol. The van der Waals surface area contributed by atoms with Crippen LogP contribution < -0.4 is 10.9 Å². The molecule has 0 aliphatic rings. The van der Waals surface area contributed by atoms with Crippen molar-refractivity contribution in [1.82, 2.24) is 15.1 Å². The lowest BCUT2D eigenvalue weighted by atomic mass is 10.1. The molecule has 1 atom stereocenters. The molecule has 0 saturated carbocycles.